The Morgan fingerprint density at radius 1 is 1.29 bits per heavy atom. The van der Waals surface area contributed by atoms with Crippen molar-refractivity contribution in [3.05, 3.63) is 28.2 Å². The Bertz CT molecular complexity index is 535. The van der Waals surface area contributed by atoms with Gasteiger partial charge in [0.1, 0.15) is 5.75 Å². The number of benzene rings is 1. The molecule has 0 spiro atoms. The van der Waals surface area contributed by atoms with Gasteiger partial charge in [-0.3, -0.25) is 0 Å². The molecular formula is C14H23BrN2O3S. The van der Waals surface area contributed by atoms with E-state index in [9.17, 15) is 8.42 Å². The molecule has 0 saturated heterocycles. The van der Waals surface area contributed by atoms with E-state index in [-0.39, 0.29) is 0 Å². The Kier molecular flexibility index (Phi) is 8.24. The van der Waals surface area contributed by atoms with Crippen LogP contribution in [-0.4, -0.2) is 34.4 Å². The first-order valence-electron chi connectivity index (χ1n) is 6.99. The Balaban J connectivity index is 2.38. The molecule has 0 atom stereocenters. The van der Waals surface area contributed by atoms with Crippen LogP contribution < -0.4 is 14.8 Å². The highest BCUT2D eigenvalue weighted by atomic mass is 79.9. The highest BCUT2D eigenvalue weighted by Gasteiger charge is 2.04. The van der Waals surface area contributed by atoms with Gasteiger partial charge < -0.3 is 10.1 Å². The maximum atomic E-state index is 10.9. The molecule has 21 heavy (non-hydrogen) atoms. The molecule has 0 aromatic heterocycles. The monoisotopic (exact) mass is 378 g/mol. The van der Waals surface area contributed by atoms with E-state index >= 15 is 0 Å². The number of halogens is 1. The van der Waals surface area contributed by atoms with Crippen molar-refractivity contribution in [3.8, 4) is 5.75 Å². The Morgan fingerprint density at radius 2 is 2.05 bits per heavy atom. The maximum Gasteiger partial charge on any atom is 0.208 e. The lowest BCUT2D eigenvalue weighted by molar-refractivity contribution is 0.313. The molecule has 1 rings (SSSR count). The molecule has 0 radical (unpaired) electrons. The van der Waals surface area contributed by atoms with E-state index < -0.39 is 10.0 Å². The molecule has 0 aliphatic carbocycles. The minimum atomic E-state index is -3.09. The topological polar surface area (TPSA) is 67.4 Å². The number of rotatable bonds is 10. The third-order valence-corrected chi connectivity index (χ3v) is 3.92. The molecule has 120 valence electrons. The summed E-state index contributed by atoms with van der Waals surface area (Å²) in [5, 5.41) is 3.30. The molecule has 1 aromatic carbocycles. The fourth-order valence-corrected chi connectivity index (χ4v) is 2.66. The van der Waals surface area contributed by atoms with E-state index in [4.69, 9.17) is 4.74 Å². The average Bonchev–Trinajstić information content (AvgIpc) is 2.40. The van der Waals surface area contributed by atoms with Crippen molar-refractivity contribution >= 4 is 26.0 Å². The quantitative estimate of drug-likeness (QED) is 0.612. The Labute approximate surface area is 135 Å². The van der Waals surface area contributed by atoms with Gasteiger partial charge in [-0.05, 0) is 37.6 Å². The predicted molar refractivity (Wildman–Crippen MR) is 89.1 cm³/mol. The van der Waals surface area contributed by atoms with Gasteiger partial charge in [0.2, 0.25) is 10.0 Å². The third-order valence-electron chi connectivity index (χ3n) is 2.69. The summed E-state index contributed by atoms with van der Waals surface area (Å²) < 4.78 is 31.0. The summed E-state index contributed by atoms with van der Waals surface area (Å²) in [6.07, 6.45) is 2.88. The van der Waals surface area contributed by atoms with Crippen molar-refractivity contribution in [2.45, 2.75) is 26.3 Å². The van der Waals surface area contributed by atoms with Crippen molar-refractivity contribution in [2.24, 2.45) is 0 Å². The van der Waals surface area contributed by atoms with Crippen molar-refractivity contribution in [2.75, 3.05) is 26.0 Å². The average molecular weight is 379 g/mol. The zero-order valence-corrected chi connectivity index (χ0v) is 14.9. The van der Waals surface area contributed by atoms with Gasteiger partial charge >= 0.3 is 0 Å². The third kappa shape index (κ3) is 8.40. The number of sulfonamides is 1. The van der Waals surface area contributed by atoms with Gasteiger partial charge in [0.05, 0.1) is 12.9 Å². The summed E-state index contributed by atoms with van der Waals surface area (Å²) in [6.45, 7) is 4.65. The standard InChI is InChI=1S/C14H23BrN2O3S/c1-3-9-20-14-6-5-13(15)10-12(14)11-16-7-4-8-17-21(2,18)19/h5-6,10,16-17H,3-4,7-9,11H2,1-2H3. The van der Waals surface area contributed by atoms with E-state index in [1.54, 1.807) is 0 Å². The summed E-state index contributed by atoms with van der Waals surface area (Å²) in [5.74, 6) is 0.891. The van der Waals surface area contributed by atoms with E-state index in [0.717, 1.165) is 35.2 Å². The van der Waals surface area contributed by atoms with Gasteiger partial charge in [-0.15, -0.1) is 0 Å². The van der Waals surface area contributed by atoms with Gasteiger partial charge in [-0.1, -0.05) is 22.9 Å². The van der Waals surface area contributed by atoms with E-state index in [0.29, 0.717) is 19.7 Å². The smallest absolute Gasteiger partial charge is 0.208 e. The molecule has 1 aromatic rings. The van der Waals surface area contributed by atoms with Crippen molar-refractivity contribution in [1.29, 1.82) is 0 Å². The van der Waals surface area contributed by atoms with Gasteiger partial charge in [-0.2, -0.15) is 0 Å². The zero-order valence-electron chi connectivity index (χ0n) is 12.5. The first kappa shape index (κ1) is 18.4. The second kappa shape index (κ2) is 9.40. The highest BCUT2D eigenvalue weighted by molar-refractivity contribution is 9.10. The van der Waals surface area contributed by atoms with Gasteiger partial charge in [0.15, 0.2) is 0 Å². The normalized spacial score (nSPS) is 11.6. The summed E-state index contributed by atoms with van der Waals surface area (Å²) in [5.41, 5.74) is 1.09. The lowest BCUT2D eigenvalue weighted by atomic mass is 10.2. The molecule has 5 nitrogen and oxygen atoms in total. The molecule has 0 bridgehead atoms. The number of nitrogens with one attached hydrogen (secondary N) is 2. The molecule has 0 heterocycles. The van der Waals surface area contributed by atoms with Crippen LogP contribution in [0.4, 0.5) is 0 Å². The molecular weight excluding hydrogens is 356 g/mol. The Hall–Kier alpha value is -0.630. The van der Waals surface area contributed by atoms with Gasteiger partial charge in [-0.25, -0.2) is 13.1 Å². The molecule has 0 amide bonds. The SMILES string of the molecule is CCCOc1ccc(Br)cc1CNCCCNS(C)(=O)=O. The largest absolute Gasteiger partial charge is 0.493 e. The number of hydrogen-bond donors (Lipinski definition) is 2. The fourth-order valence-electron chi connectivity index (χ4n) is 1.73. The zero-order chi connectivity index (χ0) is 15.7. The predicted octanol–water partition coefficient (Wildman–Crippen LogP) is 2.27. The minimum absolute atomic E-state index is 0.448. The highest BCUT2D eigenvalue weighted by Crippen LogP contribution is 2.23. The lowest BCUT2D eigenvalue weighted by Crippen LogP contribution is -2.26. The van der Waals surface area contributed by atoms with Gasteiger partial charge in [0, 0.05) is 23.1 Å². The first-order chi connectivity index (χ1) is 9.92. The molecule has 0 aliphatic heterocycles. The van der Waals surface area contributed by atoms with Crippen molar-refractivity contribution < 1.29 is 13.2 Å². The Morgan fingerprint density at radius 3 is 2.71 bits per heavy atom. The van der Waals surface area contributed by atoms with E-state index in [2.05, 4.69) is 32.9 Å². The molecule has 0 fully saturated rings. The van der Waals surface area contributed by atoms with Crippen LogP contribution in [0.15, 0.2) is 22.7 Å². The van der Waals surface area contributed by atoms with Crippen LogP contribution in [0.2, 0.25) is 0 Å². The summed E-state index contributed by atoms with van der Waals surface area (Å²) in [7, 11) is -3.09. The lowest BCUT2D eigenvalue weighted by Gasteiger charge is -2.12. The number of hydrogen-bond acceptors (Lipinski definition) is 4. The molecule has 0 unspecified atom stereocenters. The minimum Gasteiger partial charge on any atom is -0.493 e. The number of ether oxygens (including phenoxy) is 1. The first-order valence-corrected chi connectivity index (χ1v) is 9.67. The molecule has 7 heteroatoms. The van der Waals surface area contributed by atoms with Crippen LogP contribution in [0.3, 0.4) is 0 Å². The van der Waals surface area contributed by atoms with Crippen LogP contribution in [0.25, 0.3) is 0 Å². The van der Waals surface area contributed by atoms with Crippen LogP contribution >= 0.6 is 15.9 Å². The van der Waals surface area contributed by atoms with Gasteiger partial charge in [0.25, 0.3) is 0 Å². The molecule has 2 N–H and O–H groups in total. The van der Waals surface area contributed by atoms with Crippen LogP contribution in [-0.2, 0) is 16.6 Å². The van der Waals surface area contributed by atoms with Crippen molar-refractivity contribution in [3.63, 3.8) is 0 Å². The summed E-state index contributed by atoms with van der Waals surface area (Å²) in [4.78, 5) is 0. The summed E-state index contributed by atoms with van der Waals surface area (Å²) >= 11 is 3.46. The summed E-state index contributed by atoms with van der Waals surface area (Å²) in [6, 6.07) is 5.96. The molecule has 0 aliphatic rings. The fraction of sp³-hybridized carbons (Fsp3) is 0.571. The van der Waals surface area contributed by atoms with Crippen molar-refractivity contribution in [1.82, 2.24) is 10.0 Å². The second-order valence-electron chi connectivity index (χ2n) is 4.80. The maximum absolute atomic E-state index is 10.9. The van der Waals surface area contributed by atoms with Crippen LogP contribution in [0.1, 0.15) is 25.3 Å². The van der Waals surface area contributed by atoms with Crippen LogP contribution in [0, 0.1) is 0 Å². The van der Waals surface area contributed by atoms with E-state index in [1.807, 2.05) is 18.2 Å². The van der Waals surface area contributed by atoms with E-state index in [1.165, 1.54) is 6.26 Å². The van der Waals surface area contributed by atoms with Crippen LogP contribution in [0.5, 0.6) is 5.75 Å². The second-order valence-corrected chi connectivity index (χ2v) is 7.55. The molecule has 0 saturated carbocycles.